The second kappa shape index (κ2) is 7.11. The molecule has 114 valence electrons. The number of benzene rings is 1. The molecule has 1 aromatic carbocycles. The first-order valence-corrected chi connectivity index (χ1v) is 7.38. The molecular weight excluding hydrogens is 270 g/mol. The van der Waals surface area contributed by atoms with Crippen LogP contribution in [0, 0.1) is 11.8 Å². The Hall–Kier alpha value is -2.04. The Bertz CT molecular complexity index is 498. The van der Waals surface area contributed by atoms with Crippen molar-refractivity contribution in [2.24, 2.45) is 11.8 Å². The summed E-state index contributed by atoms with van der Waals surface area (Å²) in [7, 11) is 0. The van der Waals surface area contributed by atoms with Crippen LogP contribution >= 0.6 is 0 Å². The van der Waals surface area contributed by atoms with Gasteiger partial charge in [-0.25, -0.2) is 0 Å². The van der Waals surface area contributed by atoms with Crippen LogP contribution in [0.1, 0.15) is 32.6 Å². The molecule has 0 heterocycles. The number of anilines is 1. The van der Waals surface area contributed by atoms with Gasteiger partial charge < -0.3 is 15.2 Å². The standard InChI is InChI=1S/C16H21NO4/c1-2-21-12-9-7-11(8-10-12)17-15(18)13-5-3-4-6-14(13)16(19)20/h7-10,13-14H,2-6H2,1H3,(H,17,18)(H,19,20)/t13-,14+/m0/s1. The highest BCUT2D eigenvalue weighted by molar-refractivity contribution is 5.95. The lowest BCUT2D eigenvalue weighted by molar-refractivity contribution is -0.147. The maximum absolute atomic E-state index is 12.3. The fourth-order valence-corrected chi connectivity index (χ4v) is 2.78. The summed E-state index contributed by atoms with van der Waals surface area (Å²) >= 11 is 0. The van der Waals surface area contributed by atoms with Crippen LogP contribution in [-0.2, 0) is 9.59 Å². The fraction of sp³-hybridized carbons (Fsp3) is 0.500. The Balaban J connectivity index is 2.00. The zero-order valence-electron chi connectivity index (χ0n) is 12.2. The van der Waals surface area contributed by atoms with E-state index < -0.39 is 17.8 Å². The third-order valence-corrected chi connectivity index (χ3v) is 3.85. The Morgan fingerprint density at radius 3 is 2.38 bits per heavy atom. The minimum absolute atomic E-state index is 0.203. The number of ether oxygens (including phenoxy) is 1. The lowest BCUT2D eigenvalue weighted by Crippen LogP contribution is -2.36. The molecule has 5 nitrogen and oxygen atoms in total. The van der Waals surface area contributed by atoms with Gasteiger partial charge >= 0.3 is 5.97 Å². The molecular formula is C16H21NO4. The zero-order chi connectivity index (χ0) is 15.2. The topological polar surface area (TPSA) is 75.6 Å². The van der Waals surface area contributed by atoms with Gasteiger partial charge in [0.25, 0.3) is 0 Å². The molecule has 1 aliphatic rings. The van der Waals surface area contributed by atoms with Gasteiger partial charge in [0.2, 0.25) is 5.91 Å². The van der Waals surface area contributed by atoms with Gasteiger partial charge in [-0.1, -0.05) is 12.8 Å². The zero-order valence-corrected chi connectivity index (χ0v) is 12.2. The summed E-state index contributed by atoms with van der Waals surface area (Å²) in [5, 5.41) is 12.0. The number of hydrogen-bond acceptors (Lipinski definition) is 3. The number of carbonyl (C=O) groups is 2. The van der Waals surface area contributed by atoms with Crippen molar-refractivity contribution in [1.29, 1.82) is 0 Å². The highest BCUT2D eigenvalue weighted by Gasteiger charge is 2.35. The van der Waals surface area contributed by atoms with Crippen LogP contribution in [0.15, 0.2) is 24.3 Å². The number of carboxylic acid groups (broad SMARTS) is 1. The number of carbonyl (C=O) groups excluding carboxylic acids is 1. The van der Waals surface area contributed by atoms with E-state index in [-0.39, 0.29) is 5.91 Å². The van der Waals surface area contributed by atoms with Crippen molar-refractivity contribution < 1.29 is 19.4 Å². The number of nitrogens with one attached hydrogen (secondary N) is 1. The van der Waals surface area contributed by atoms with E-state index in [1.165, 1.54) is 0 Å². The minimum Gasteiger partial charge on any atom is -0.494 e. The van der Waals surface area contributed by atoms with Crippen molar-refractivity contribution in [1.82, 2.24) is 0 Å². The lowest BCUT2D eigenvalue weighted by atomic mass is 9.78. The number of hydrogen-bond donors (Lipinski definition) is 2. The third kappa shape index (κ3) is 3.97. The summed E-state index contributed by atoms with van der Waals surface area (Å²) in [5.41, 5.74) is 0.665. The first-order chi connectivity index (χ1) is 10.1. The summed E-state index contributed by atoms with van der Waals surface area (Å²) < 4.78 is 5.34. The Labute approximate surface area is 124 Å². The number of rotatable bonds is 5. The van der Waals surface area contributed by atoms with Crippen molar-refractivity contribution in [3.05, 3.63) is 24.3 Å². The molecule has 1 fully saturated rings. The van der Waals surface area contributed by atoms with Gasteiger partial charge in [0, 0.05) is 5.69 Å². The average Bonchev–Trinajstić information content (AvgIpc) is 2.49. The molecule has 0 unspecified atom stereocenters. The molecule has 0 radical (unpaired) electrons. The van der Waals surface area contributed by atoms with Gasteiger partial charge in [0.05, 0.1) is 18.4 Å². The van der Waals surface area contributed by atoms with Crippen molar-refractivity contribution in [3.8, 4) is 5.75 Å². The first-order valence-electron chi connectivity index (χ1n) is 7.38. The van der Waals surface area contributed by atoms with E-state index in [0.29, 0.717) is 25.1 Å². The van der Waals surface area contributed by atoms with E-state index in [1.807, 2.05) is 6.92 Å². The monoisotopic (exact) mass is 291 g/mol. The van der Waals surface area contributed by atoms with E-state index in [2.05, 4.69) is 5.32 Å². The molecule has 0 spiro atoms. The van der Waals surface area contributed by atoms with Gasteiger partial charge in [-0.3, -0.25) is 9.59 Å². The summed E-state index contributed by atoms with van der Waals surface area (Å²) in [6.45, 7) is 2.50. The predicted octanol–water partition coefficient (Wildman–Crippen LogP) is 2.91. The highest BCUT2D eigenvalue weighted by atomic mass is 16.5. The van der Waals surface area contributed by atoms with Crippen LogP contribution in [-0.4, -0.2) is 23.6 Å². The maximum Gasteiger partial charge on any atom is 0.307 e. The van der Waals surface area contributed by atoms with Crippen LogP contribution in [0.5, 0.6) is 5.75 Å². The normalized spacial score (nSPS) is 21.6. The molecule has 2 N–H and O–H groups in total. The third-order valence-electron chi connectivity index (χ3n) is 3.85. The van der Waals surface area contributed by atoms with E-state index in [0.717, 1.165) is 18.6 Å². The molecule has 1 aromatic rings. The summed E-state index contributed by atoms with van der Waals surface area (Å²) in [6, 6.07) is 7.10. The summed E-state index contributed by atoms with van der Waals surface area (Å²) in [5.74, 6) is -1.34. The van der Waals surface area contributed by atoms with E-state index >= 15 is 0 Å². The number of carboxylic acids is 1. The van der Waals surface area contributed by atoms with Crippen molar-refractivity contribution in [2.45, 2.75) is 32.6 Å². The molecule has 2 rings (SSSR count). The van der Waals surface area contributed by atoms with Gasteiger partial charge in [0.1, 0.15) is 5.75 Å². The molecule has 0 aliphatic heterocycles. The van der Waals surface area contributed by atoms with Gasteiger partial charge in [-0.15, -0.1) is 0 Å². The van der Waals surface area contributed by atoms with E-state index in [9.17, 15) is 14.7 Å². The molecule has 1 saturated carbocycles. The fourth-order valence-electron chi connectivity index (χ4n) is 2.78. The lowest BCUT2D eigenvalue weighted by Gasteiger charge is -2.27. The van der Waals surface area contributed by atoms with Crippen LogP contribution in [0.4, 0.5) is 5.69 Å². The molecule has 0 bridgehead atoms. The van der Waals surface area contributed by atoms with Crippen molar-refractivity contribution in [2.75, 3.05) is 11.9 Å². The summed E-state index contributed by atoms with van der Waals surface area (Å²) in [6.07, 6.45) is 3.01. The average molecular weight is 291 g/mol. The second-order valence-electron chi connectivity index (χ2n) is 5.28. The molecule has 1 amide bonds. The smallest absolute Gasteiger partial charge is 0.307 e. The van der Waals surface area contributed by atoms with Crippen molar-refractivity contribution >= 4 is 17.6 Å². The van der Waals surface area contributed by atoms with Gasteiger partial charge in [-0.2, -0.15) is 0 Å². The van der Waals surface area contributed by atoms with Crippen LogP contribution in [0.3, 0.4) is 0 Å². The van der Waals surface area contributed by atoms with Gasteiger partial charge in [-0.05, 0) is 44.0 Å². The predicted molar refractivity (Wildman–Crippen MR) is 79.3 cm³/mol. The Morgan fingerprint density at radius 1 is 1.19 bits per heavy atom. The molecule has 2 atom stereocenters. The van der Waals surface area contributed by atoms with Gasteiger partial charge in [0.15, 0.2) is 0 Å². The largest absolute Gasteiger partial charge is 0.494 e. The molecule has 1 aliphatic carbocycles. The second-order valence-corrected chi connectivity index (χ2v) is 5.28. The molecule has 5 heteroatoms. The quantitative estimate of drug-likeness (QED) is 0.874. The highest BCUT2D eigenvalue weighted by Crippen LogP contribution is 2.31. The van der Waals surface area contributed by atoms with E-state index in [1.54, 1.807) is 24.3 Å². The summed E-state index contributed by atoms with van der Waals surface area (Å²) in [4.78, 5) is 23.5. The van der Waals surface area contributed by atoms with Crippen LogP contribution in [0.2, 0.25) is 0 Å². The molecule has 0 aromatic heterocycles. The minimum atomic E-state index is -0.874. The number of amides is 1. The van der Waals surface area contributed by atoms with Crippen LogP contribution in [0.25, 0.3) is 0 Å². The van der Waals surface area contributed by atoms with E-state index in [4.69, 9.17) is 4.74 Å². The SMILES string of the molecule is CCOc1ccc(NC(=O)[C@H]2CCCC[C@H]2C(=O)O)cc1. The van der Waals surface area contributed by atoms with Crippen molar-refractivity contribution in [3.63, 3.8) is 0 Å². The number of aliphatic carboxylic acids is 1. The Morgan fingerprint density at radius 2 is 1.81 bits per heavy atom. The maximum atomic E-state index is 12.3. The molecule has 0 saturated heterocycles. The Kier molecular flexibility index (Phi) is 5.20. The van der Waals surface area contributed by atoms with Crippen LogP contribution < -0.4 is 10.1 Å². The molecule has 21 heavy (non-hydrogen) atoms. The first kappa shape index (κ1) is 15.4.